The van der Waals surface area contributed by atoms with Gasteiger partial charge in [0.15, 0.2) is 0 Å². The lowest BCUT2D eigenvalue weighted by molar-refractivity contribution is -0.136. The summed E-state index contributed by atoms with van der Waals surface area (Å²) in [5.41, 5.74) is 11.5. The maximum Gasteiger partial charge on any atom is 0.239 e. The highest BCUT2D eigenvalue weighted by molar-refractivity contribution is 7.99. The van der Waals surface area contributed by atoms with Gasteiger partial charge in [0.25, 0.3) is 0 Å². The third kappa shape index (κ3) is 7.88. The van der Waals surface area contributed by atoms with Crippen LogP contribution in [0.25, 0.3) is 11.1 Å². The van der Waals surface area contributed by atoms with Gasteiger partial charge in [-0.05, 0) is 96.6 Å². The number of aromatic hydroxyl groups is 1. The fraction of sp³-hybridized carbons (Fsp3) is 0.441. The van der Waals surface area contributed by atoms with E-state index in [1.54, 1.807) is 17.8 Å². The van der Waals surface area contributed by atoms with Crippen molar-refractivity contribution in [2.45, 2.75) is 43.7 Å². The molecule has 2 fully saturated rings. The molecule has 0 bridgehead atoms. The Kier molecular flexibility index (Phi) is 10.9. The molecule has 1 atom stereocenters. The maximum absolute atomic E-state index is 13.4. The molecule has 224 valence electrons. The van der Waals surface area contributed by atoms with Crippen molar-refractivity contribution < 1.29 is 9.90 Å². The van der Waals surface area contributed by atoms with Gasteiger partial charge in [0.05, 0.1) is 6.04 Å². The van der Waals surface area contributed by atoms with Crippen LogP contribution in [-0.2, 0) is 17.8 Å². The first-order valence-corrected chi connectivity index (χ1v) is 16.5. The lowest BCUT2D eigenvalue weighted by atomic mass is 9.88. The molecule has 0 aliphatic carbocycles. The van der Waals surface area contributed by atoms with E-state index in [2.05, 4.69) is 53.1 Å². The Balaban J connectivity index is 1.08. The van der Waals surface area contributed by atoms with Crippen LogP contribution in [0, 0.1) is 5.92 Å². The monoisotopic (exact) mass is 606 g/mol. The predicted molar refractivity (Wildman–Crippen MR) is 174 cm³/mol. The summed E-state index contributed by atoms with van der Waals surface area (Å²) in [5.74, 6) is 1.61. The van der Waals surface area contributed by atoms with Gasteiger partial charge >= 0.3 is 0 Å². The number of carbonyl (C=O) groups excluding carboxylic acids is 1. The predicted octanol–water partition coefficient (Wildman–Crippen LogP) is 5.75. The lowest BCUT2D eigenvalue weighted by Crippen LogP contribution is -2.55. The Labute approximate surface area is 259 Å². The number of rotatable bonds is 10. The Morgan fingerprint density at radius 3 is 2.40 bits per heavy atom. The number of hydrogen-bond donors (Lipinski definition) is 2. The number of halogens is 1. The molecule has 3 aromatic rings. The number of thioether (sulfide) groups is 1. The fourth-order valence-electron chi connectivity index (χ4n) is 6.25. The molecule has 6 nitrogen and oxygen atoms in total. The van der Waals surface area contributed by atoms with Crippen LogP contribution in [0.3, 0.4) is 0 Å². The topological polar surface area (TPSA) is 73.0 Å². The molecule has 2 heterocycles. The second-order valence-electron chi connectivity index (χ2n) is 11.4. The number of hydrogen-bond acceptors (Lipinski definition) is 6. The van der Waals surface area contributed by atoms with E-state index in [9.17, 15) is 9.90 Å². The largest absolute Gasteiger partial charge is 0.508 e. The first kappa shape index (κ1) is 30.9. The molecular weight excluding hydrogens is 564 g/mol. The lowest BCUT2D eigenvalue weighted by Gasteiger charge is -2.39. The number of phenolic OH excluding ortho intramolecular Hbond substituents is 1. The van der Waals surface area contributed by atoms with Crippen molar-refractivity contribution in [3.63, 3.8) is 0 Å². The van der Waals surface area contributed by atoms with Gasteiger partial charge in [0.2, 0.25) is 5.91 Å². The van der Waals surface area contributed by atoms with Crippen molar-refractivity contribution in [1.82, 2.24) is 14.7 Å². The third-order valence-corrected chi connectivity index (χ3v) is 9.93. The van der Waals surface area contributed by atoms with Gasteiger partial charge in [-0.1, -0.05) is 54.9 Å². The second kappa shape index (κ2) is 14.8. The van der Waals surface area contributed by atoms with E-state index < -0.39 is 6.04 Å². The average Bonchev–Trinajstić information content (AvgIpc) is 3.02. The smallest absolute Gasteiger partial charge is 0.239 e. The van der Waals surface area contributed by atoms with E-state index in [1.807, 2.05) is 29.2 Å². The first-order valence-electron chi connectivity index (χ1n) is 15.2. The quantitative estimate of drug-likeness (QED) is 0.286. The Hall–Kier alpha value is -2.55. The summed E-state index contributed by atoms with van der Waals surface area (Å²) in [5, 5.41) is 10.8. The molecule has 0 aromatic heterocycles. The maximum atomic E-state index is 13.4. The summed E-state index contributed by atoms with van der Waals surface area (Å²) in [6.07, 6.45) is 2.83. The molecule has 42 heavy (non-hydrogen) atoms. The summed E-state index contributed by atoms with van der Waals surface area (Å²) in [7, 11) is 0. The highest BCUT2D eigenvalue weighted by Crippen LogP contribution is 2.29. The van der Waals surface area contributed by atoms with Crippen LogP contribution in [0.15, 0.2) is 71.6 Å². The molecule has 8 heteroatoms. The van der Waals surface area contributed by atoms with Crippen molar-refractivity contribution in [2.75, 3.05) is 51.6 Å². The van der Waals surface area contributed by atoms with Gasteiger partial charge < -0.3 is 20.6 Å². The van der Waals surface area contributed by atoms with Crippen LogP contribution < -0.4 is 5.73 Å². The first-order chi connectivity index (χ1) is 20.4. The number of benzene rings is 3. The molecule has 3 N–H and O–H groups in total. The fourth-order valence-corrected chi connectivity index (χ4v) is 7.23. The molecule has 0 radical (unpaired) electrons. The zero-order valence-corrected chi connectivity index (χ0v) is 26.1. The van der Waals surface area contributed by atoms with Crippen LogP contribution in [0.2, 0.25) is 5.02 Å². The summed E-state index contributed by atoms with van der Waals surface area (Å²) in [6, 6.07) is 21.9. The Bertz CT molecular complexity index is 1320. The summed E-state index contributed by atoms with van der Waals surface area (Å²) < 4.78 is 0. The summed E-state index contributed by atoms with van der Waals surface area (Å²) in [4.78, 5) is 21.4. The number of nitrogens with zero attached hydrogens (tertiary/aromatic N) is 3. The van der Waals surface area contributed by atoms with Crippen molar-refractivity contribution in [3.05, 3.63) is 82.9 Å². The van der Waals surface area contributed by atoms with Gasteiger partial charge in [0, 0.05) is 49.2 Å². The number of piperazine rings is 1. The van der Waals surface area contributed by atoms with Crippen LogP contribution in [0.5, 0.6) is 5.75 Å². The van der Waals surface area contributed by atoms with Crippen LogP contribution >= 0.6 is 23.4 Å². The summed E-state index contributed by atoms with van der Waals surface area (Å²) in [6.45, 7) is 8.84. The molecule has 0 spiro atoms. The van der Waals surface area contributed by atoms with Crippen LogP contribution in [0.1, 0.15) is 30.9 Å². The molecule has 0 unspecified atom stereocenters. The zero-order valence-electron chi connectivity index (χ0n) is 24.6. The minimum atomic E-state index is -0.435. The van der Waals surface area contributed by atoms with Gasteiger partial charge in [-0.2, -0.15) is 0 Å². The third-order valence-electron chi connectivity index (χ3n) is 8.70. The summed E-state index contributed by atoms with van der Waals surface area (Å²) >= 11 is 8.16. The van der Waals surface area contributed by atoms with Crippen molar-refractivity contribution >= 4 is 29.3 Å². The molecule has 1 amide bonds. The molecule has 2 aliphatic heterocycles. The second-order valence-corrected chi connectivity index (χ2v) is 13.2. The number of carbonyl (C=O) groups is 1. The van der Waals surface area contributed by atoms with Crippen molar-refractivity contribution in [1.29, 1.82) is 0 Å². The van der Waals surface area contributed by atoms with Crippen molar-refractivity contribution in [2.24, 2.45) is 11.7 Å². The van der Waals surface area contributed by atoms with E-state index in [-0.39, 0.29) is 11.8 Å². The highest BCUT2D eigenvalue weighted by atomic mass is 35.5. The molecule has 2 saturated heterocycles. The average molecular weight is 607 g/mol. The van der Waals surface area contributed by atoms with Crippen LogP contribution in [0.4, 0.5) is 0 Å². The molecule has 2 aliphatic rings. The Morgan fingerprint density at radius 1 is 0.952 bits per heavy atom. The zero-order chi connectivity index (χ0) is 29.5. The minimum absolute atomic E-state index is 0.0964. The molecule has 0 saturated carbocycles. The number of phenols is 1. The number of amides is 1. The standard InChI is InChI=1S/C34H43ClN4O2S/c1-2-42-32-11-9-30(40)23-28(32)24-38-18-20-39(21-19-38)34(41)33(36)26-12-15-37(16-13-26)17-14-27-22-29(35)8-10-31(27)25-6-4-3-5-7-25/h3-11,22-23,26,33,40H,2,12-21,24,36H2,1H3/t33-/m1/s1. The normalized spacial score (nSPS) is 17.8. The molecule has 3 aromatic carbocycles. The van der Waals surface area contributed by atoms with Gasteiger partial charge in [0.1, 0.15) is 5.75 Å². The minimum Gasteiger partial charge on any atom is -0.508 e. The number of nitrogens with two attached hydrogens (primary N) is 1. The van der Waals surface area contributed by atoms with Crippen molar-refractivity contribution in [3.8, 4) is 16.9 Å². The van der Waals surface area contributed by atoms with E-state index in [1.165, 1.54) is 21.6 Å². The van der Waals surface area contributed by atoms with Crippen LogP contribution in [-0.4, -0.2) is 83.3 Å². The van der Waals surface area contributed by atoms with Gasteiger partial charge in [-0.3, -0.25) is 9.69 Å². The van der Waals surface area contributed by atoms with E-state index >= 15 is 0 Å². The highest BCUT2D eigenvalue weighted by Gasteiger charge is 2.32. The van der Waals surface area contributed by atoms with E-state index in [4.69, 9.17) is 17.3 Å². The number of piperidine rings is 1. The Morgan fingerprint density at radius 2 is 1.69 bits per heavy atom. The SMILES string of the molecule is CCSc1ccc(O)cc1CN1CCN(C(=O)[C@H](N)C2CCN(CCc3cc(Cl)ccc3-c3ccccc3)CC2)CC1. The molecular formula is C34H43ClN4O2S. The van der Waals surface area contributed by atoms with E-state index in [0.29, 0.717) is 18.8 Å². The van der Waals surface area contributed by atoms with Gasteiger partial charge in [-0.25, -0.2) is 0 Å². The van der Waals surface area contributed by atoms with E-state index in [0.717, 1.165) is 74.9 Å². The molecule has 5 rings (SSSR count). The van der Waals surface area contributed by atoms with Gasteiger partial charge in [-0.15, -0.1) is 11.8 Å². The number of likely N-dealkylation sites (tertiary alicyclic amines) is 1.